The van der Waals surface area contributed by atoms with Crippen molar-refractivity contribution in [2.45, 2.75) is 77.4 Å². The summed E-state index contributed by atoms with van der Waals surface area (Å²) in [7, 11) is 0. The molecule has 2 aliphatic rings. The second-order valence-corrected chi connectivity index (χ2v) is 6.34. The van der Waals surface area contributed by atoms with Gasteiger partial charge in [0.25, 0.3) is 0 Å². The Morgan fingerprint density at radius 2 is 1.78 bits per heavy atom. The molecule has 2 nitrogen and oxygen atoms in total. The molecular formula is C16H31NO. The van der Waals surface area contributed by atoms with Gasteiger partial charge < -0.3 is 10.1 Å². The second kappa shape index (κ2) is 7.49. The molecule has 2 fully saturated rings. The first-order chi connectivity index (χ1) is 8.83. The number of ether oxygens (including phenoxy) is 1. The van der Waals surface area contributed by atoms with Crippen LogP contribution in [0.15, 0.2) is 0 Å². The van der Waals surface area contributed by atoms with E-state index in [0.717, 1.165) is 25.0 Å². The van der Waals surface area contributed by atoms with Gasteiger partial charge in [-0.3, -0.25) is 0 Å². The fourth-order valence-electron chi connectivity index (χ4n) is 3.17. The number of hydrogen-bond acceptors (Lipinski definition) is 2. The third-order valence-electron chi connectivity index (χ3n) is 4.50. The van der Waals surface area contributed by atoms with Crippen molar-refractivity contribution >= 4 is 0 Å². The largest absolute Gasteiger partial charge is 0.376 e. The minimum atomic E-state index is 0.488. The van der Waals surface area contributed by atoms with Crippen molar-refractivity contribution in [1.29, 1.82) is 0 Å². The van der Waals surface area contributed by atoms with E-state index in [-0.39, 0.29) is 0 Å². The topological polar surface area (TPSA) is 21.3 Å². The third kappa shape index (κ3) is 4.55. The maximum Gasteiger partial charge on any atom is 0.0730 e. The Morgan fingerprint density at radius 1 is 1.00 bits per heavy atom. The molecule has 2 rings (SSSR count). The van der Waals surface area contributed by atoms with Gasteiger partial charge in [0.1, 0.15) is 0 Å². The monoisotopic (exact) mass is 253 g/mol. The zero-order valence-electron chi connectivity index (χ0n) is 12.3. The second-order valence-electron chi connectivity index (χ2n) is 6.34. The van der Waals surface area contributed by atoms with E-state index < -0.39 is 0 Å². The normalized spacial score (nSPS) is 32.7. The van der Waals surface area contributed by atoms with Crippen LogP contribution >= 0.6 is 0 Å². The first-order valence-electron chi connectivity index (χ1n) is 8.18. The molecule has 2 heteroatoms. The van der Waals surface area contributed by atoms with E-state index in [1.807, 2.05) is 0 Å². The van der Waals surface area contributed by atoms with Crippen molar-refractivity contribution in [2.24, 2.45) is 11.8 Å². The maximum absolute atomic E-state index is 6.23. The molecule has 2 aliphatic carbocycles. The number of nitrogens with one attached hydrogen (secondary N) is 1. The molecule has 0 aromatic heterocycles. The van der Waals surface area contributed by atoms with Crippen LogP contribution in [-0.4, -0.2) is 25.3 Å². The molecule has 0 spiro atoms. The van der Waals surface area contributed by atoms with Crippen LogP contribution in [-0.2, 0) is 4.74 Å². The van der Waals surface area contributed by atoms with Crippen molar-refractivity contribution in [3.63, 3.8) is 0 Å². The van der Waals surface area contributed by atoms with E-state index in [1.165, 1.54) is 51.4 Å². The Morgan fingerprint density at radius 3 is 2.44 bits per heavy atom. The molecular weight excluding hydrogens is 222 g/mol. The molecule has 0 heterocycles. The van der Waals surface area contributed by atoms with Gasteiger partial charge in [0.15, 0.2) is 0 Å². The fourth-order valence-corrected chi connectivity index (χ4v) is 3.17. The minimum Gasteiger partial charge on any atom is -0.376 e. The van der Waals surface area contributed by atoms with Crippen LogP contribution in [0.4, 0.5) is 0 Å². The van der Waals surface area contributed by atoms with Gasteiger partial charge >= 0.3 is 0 Å². The van der Waals surface area contributed by atoms with E-state index in [0.29, 0.717) is 12.1 Å². The van der Waals surface area contributed by atoms with Crippen LogP contribution in [0.25, 0.3) is 0 Å². The average molecular weight is 253 g/mol. The zero-order chi connectivity index (χ0) is 12.8. The Bertz CT molecular complexity index is 227. The van der Waals surface area contributed by atoms with E-state index in [1.54, 1.807) is 0 Å². The molecule has 1 N–H and O–H groups in total. The standard InChI is InChI=1S/C16H31NO/c1-3-5-13-8-9-15(17-10-4-2)16(11-13)18-12-14-6-7-14/h13-17H,3-12H2,1-2H3. The van der Waals surface area contributed by atoms with Crippen molar-refractivity contribution < 1.29 is 4.74 Å². The third-order valence-corrected chi connectivity index (χ3v) is 4.50. The quantitative estimate of drug-likeness (QED) is 0.711. The summed E-state index contributed by atoms with van der Waals surface area (Å²) in [6.45, 7) is 6.72. The van der Waals surface area contributed by atoms with Crippen LogP contribution in [0.3, 0.4) is 0 Å². The van der Waals surface area contributed by atoms with E-state index in [2.05, 4.69) is 19.2 Å². The SMILES string of the molecule is CCCNC1CCC(CCC)CC1OCC1CC1. The Hall–Kier alpha value is -0.0800. The van der Waals surface area contributed by atoms with Gasteiger partial charge in [-0.05, 0) is 56.9 Å². The first kappa shape index (κ1) is 14.3. The van der Waals surface area contributed by atoms with E-state index in [9.17, 15) is 0 Å². The van der Waals surface area contributed by atoms with Gasteiger partial charge in [-0.1, -0.05) is 26.7 Å². The molecule has 3 unspecified atom stereocenters. The molecule has 0 bridgehead atoms. The summed E-state index contributed by atoms with van der Waals surface area (Å²) in [5.74, 6) is 1.81. The average Bonchev–Trinajstić information content (AvgIpc) is 3.19. The molecule has 0 aliphatic heterocycles. The highest BCUT2D eigenvalue weighted by atomic mass is 16.5. The van der Waals surface area contributed by atoms with Crippen LogP contribution in [0, 0.1) is 11.8 Å². The van der Waals surface area contributed by atoms with Gasteiger partial charge in [0.05, 0.1) is 6.10 Å². The summed E-state index contributed by atoms with van der Waals surface area (Å²) >= 11 is 0. The molecule has 2 saturated carbocycles. The maximum atomic E-state index is 6.23. The predicted molar refractivity (Wildman–Crippen MR) is 76.8 cm³/mol. The molecule has 0 aromatic carbocycles. The molecule has 0 radical (unpaired) electrons. The predicted octanol–water partition coefficient (Wildman–Crippen LogP) is 3.75. The Labute approximate surface area is 113 Å². The highest BCUT2D eigenvalue weighted by Crippen LogP contribution is 2.33. The zero-order valence-corrected chi connectivity index (χ0v) is 12.3. The van der Waals surface area contributed by atoms with Crippen LogP contribution in [0.1, 0.15) is 65.2 Å². The highest BCUT2D eigenvalue weighted by molar-refractivity contribution is 4.86. The van der Waals surface area contributed by atoms with Gasteiger partial charge in [0, 0.05) is 12.6 Å². The summed E-state index contributed by atoms with van der Waals surface area (Å²) in [5, 5.41) is 3.70. The van der Waals surface area contributed by atoms with Crippen LogP contribution in [0.5, 0.6) is 0 Å². The van der Waals surface area contributed by atoms with Crippen LogP contribution in [0.2, 0.25) is 0 Å². The van der Waals surface area contributed by atoms with Gasteiger partial charge in [-0.15, -0.1) is 0 Å². The van der Waals surface area contributed by atoms with Gasteiger partial charge in [-0.2, -0.15) is 0 Å². The Kier molecular flexibility index (Phi) is 5.97. The lowest BCUT2D eigenvalue weighted by Gasteiger charge is -2.36. The molecule has 0 saturated heterocycles. The molecule has 0 aromatic rings. The molecule has 0 amide bonds. The minimum absolute atomic E-state index is 0.488. The van der Waals surface area contributed by atoms with Crippen molar-refractivity contribution in [3.8, 4) is 0 Å². The van der Waals surface area contributed by atoms with Gasteiger partial charge in [-0.25, -0.2) is 0 Å². The van der Waals surface area contributed by atoms with Crippen molar-refractivity contribution in [2.75, 3.05) is 13.2 Å². The molecule has 3 atom stereocenters. The van der Waals surface area contributed by atoms with Crippen molar-refractivity contribution in [1.82, 2.24) is 5.32 Å². The summed E-state index contributed by atoms with van der Waals surface area (Å²) in [4.78, 5) is 0. The summed E-state index contributed by atoms with van der Waals surface area (Å²) in [6.07, 6.45) is 11.3. The van der Waals surface area contributed by atoms with E-state index >= 15 is 0 Å². The molecule has 18 heavy (non-hydrogen) atoms. The summed E-state index contributed by atoms with van der Waals surface area (Å²) in [5.41, 5.74) is 0. The lowest BCUT2D eigenvalue weighted by atomic mass is 9.81. The molecule has 106 valence electrons. The summed E-state index contributed by atoms with van der Waals surface area (Å²) < 4.78 is 6.23. The highest BCUT2D eigenvalue weighted by Gasteiger charge is 2.32. The fraction of sp³-hybridized carbons (Fsp3) is 1.00. The van der Waals surface area contributed by atoms with Crippen LogP contribution < -0.4 is 5.32 Å². The van der Waals surface area contributed by atoms with E-state index in [4.69, 9.17) is 4.74 Å². The summed E-state index contributed by atoms with van der Waals surface area (Å²) in [6, 6.07) is 0.622. The lowest BCUT2D eigenvalue weighted by Crippen LogP contribution is -2.46. The smallest absolute Gasteiger partial charge is 0.0730 e. The first-order valence-corrected chi connectivity index (χ1v) is 8.18. The Balaban J connectivity index is 1.78. The lowest BCUT2D eigenvalue weighted by molar-refractivity contribution is -0.0158. The van der Waals surface area contributed by atoms with Crippen molar-refractivity contribution in [3.05, 3.63) is 0 Å². The van der Waals surface area contributed by atoms with Gasteiger partial charge in [0.2, 0.25) is 0 Å². The number of hydrogen-bond donors (Lipinski definition) is 1. The number of rotatable bonds is 8.